The highest BCUT2D eigenvalue weighted by Gasteiger charge is 2.09. The van der Waals surface area contributed by atoms with E-state index in [1.165, 1.54) is 11.1 Å². The van der Waals surface area contributed by atoms with Gasteiger partial charge in [0.15, 0.2) is 0 Å². The molecule has 0 saturated heterocycles. The smallest absolute Gasteiger partial charge is 0.119 e. The molecule has 0 heterocycles. The van der Waals surface area contributed by atoms with Crippen LogP contribution in [0.15, 0.2) is 48.5 Å². The van der Waals surface area contributed by atoms with E-state index in [-0.39, 0.29) is 6.04 Å². The Labute approximate surface area is 131 Å². The number of hydrogen-bond acceptors (Lipinski definition) is 3. The largest absolute Gasteiger partial charge is 0.492 e. The Bertz CT molecular complexity index is 540. The number of ether oxygens (including phenoxy) is 1. The van der Waals surface area contributed by atoms with Gasteiger partial charge in [-0.3, -0.25) is 11.3 Å². The van der Waals surface area contributed by atoms with Gasteiger partial charge >= 0.3 is 0 Å². The number of nitrogens with two attached hydrogens (primary N) is 1. The number of rotatable bonds is 7. The minimum Gasteiger partial charge on any atom is -0.492 e. The van der Waals surface area contributed by atoms with Crippen molar-refractivity contribution in [2.24, 2.45) is 5.84 Å². The Balaban J connectivity index is 1.88. The van der Waals surface area contributed by atoms with Crippen LogP contribution in [0.1, 0.15) is 18.1 Å². The van der Waals surface area contributed by atoms with Gasteiger partial charge in [0.1, 0.15) is 12.4 Å². The third-order valence-corrected chi connectivity index (χ3v) is 3.67. The zero-order chi connectivity index (χ0) is 15.1. The normalized spacial score (nSPS) is 12.1. The summed E-state index contributed by atoms with van der Waals surface area (Å²) in [6.45, 7) is 2.66. The van der Waals surface area contributed by atoms with Gasteiger partial charge < -0.3 is 4.74 Å². The van der Waals surface area contributed by atoms with Crippen LogP contribution in [0.2, 0.25) is 5.02 Å². The monoisotopic (exact) mass is 304 g/mol. The molecule has 2 aromatic carbocycles. The molecular weight excluding hydrogens is 284 g/mol. The zero-order valence-corrected chi connectivity index (χ0v) is 12.9. The van der Waals surface area contributed by atoms with Crippen molar-refractivity contribution in [3.63, 3.8) is 0 Å². The molecule has 4 heteroatoms. The summed E-state index contributed by atoms with van der Waals surface area (Å²) in [5, 5.41) is 0.701. The van der Waals surface area contributed by atoms with E-state index in [0.717, 1.165) is 18.6 Å². The van der Waals surface area contributed by atoms with Crippen molar-refractivity contribution in [1.29, 1.82) is 0 Å². The van der Waals surface area contributed by atoms with Gasteiger partial charge in [-0.05, 0) is 48.2 Å². The molecule has 0 aromatic heterocycles. The average molecular weight is 305 g/mol. The zero-order valence-electron chi connectivity index (χ0n) is 12.2. The number of hydrazine groups is 1. The third kappa shape index (κ3) is 5.05. The van der Waals surface area contributed by atoms with Gasteiger partial charge in [0, 0.05) is 5.02 Å². The standard InChI is InChI=1S/C17H21ClN2O/c1-2-13-3-5-14(6-4-13)11-16(20-19)12-21-17-9-7-15(18)8-10-17/h3-10,16,20H,2,11-12,19H2,1H3. The van der Waals surface area contributed by atoms with Crippen LogP contribution in [0.25, 0.3) is 0 Å². The topological polar surface area (TPSA) is 47.3 Å². The molecule has 112 valence electrons. The maximum absolute atomic E-state index is 5.85. The first-order chi connectivity index (χ1) is 10.2. The second kappa shape index (κ2) is 8.03. The summed E-state index contributed by atoms with van der Waals surface area (Å²) in [6, 6.07) is 16.0. The summed E-state index contributed by atoms with van der Waals surface area (Å²) in [7, 11) is 0. The van der Waals surface area contributed by atoms with Gasteiger partial charge in [0.05, 0.1) is 6.04 Å². The van der Waals surface area contributed by atoms with E-state index in [1.807, 2.05) is 24.3 Å². The van der Waals surface area contributed by atoms with Crippen molar-refractivity contribution < 1.29 is 4.74 Å². The Morgan fingerprint density at radius 1 is 1.05 bits per heavy atom. The molecule has 3 N–H and O–H groups in total. The summed E-state index contributed by atoms with van der Waals surface area (Å²) in [5.74, 6) is 6.41. The van der Waals surface area contributed by atoms with Crippen LogP contribution in [-0.2, 0) is 12.8 Å². The molecule has 3 nitrogen and oxygen atoms in total. The second-order valence-corrected chi connectivity index (χ2v) is 5.44. The molecule has 1 unspecified atom stereocenters. The fraction of sp³-hybridized carbons (Fsp3) is 0.294. The van der Waals surface area contributed by atoms with Gasteiger partial charge in [-0.25, -0.2) is 0 Å². The van der Waals surface area contributed by atoms with Gasteiger partial charge in [0.2, 0.25) is 0 Å². The molecule has 0 aliphatic rings. The average Bonchev–Trinajstić information content (AvgIpc) is 2.53. The maximum Gasteiger partial charge on any atom is 0.119 e. The van der Waals surface area contributed by atoms with Gasteiger partial charge in [-0.1, -0.05) is 42.8 Å². The molecule has 21 heavy (non-hydrogen) atoms. The number of benzene rings is 2. The van der Waals surface area contributed by atoms with E-state index in [0.29, 0.717) is 11.6 Å². The summed E-state index contributed by atoms with van der Waals surface area (Å²) >= 11 is 5.85. The Kier molecular flexibility index (Phi) is 6.05. The molecule has 0 aliphatic carbocycles. The van der Waals surface area contributed by atoms with Crippen LogP contribution in [0.4, 0.5) is 0 Å². The van der Waals surface area contributed by atoms with Crippen molar-refractivity contribution >= 4 is 11.6 Å². The second-order valence-electron chi connectivity index (χ2n) is 5.00. The molecule has 0 amide bonds. The van der Waals surface area contributed by atoms with E-state index in [2.05, 4.69) is 36.6 Å². The molecule has 1 atom stereocenters. The van der Waals surface area contributed by atoms with Crippen molar-refractivity contribution in [2.75, 3.05) is 6.61 Å². The lowest BCUT2D eigenvalue weighted by Gasteiger charge is -2.17. The quantitative estimate of drug-likeness (QED) is 0.609. The molecular formula is C17H21ClN2O. The van der Waals surface area contributed by atoms with E-state index >= 15 is 0 Å². The lowest BCUT2D eigenvalue weighted by Crippen LogP contribution is -2.41. The highest BCUT2D eigenvalue weighted by atomic mass is 35.5. The highest BCUT2D eigenvalue weighted by Crippen LogP contribution is 2.16. The summed E-state index contributed by atoms with van der Waals surface area (Å²) < 4.78 is 5.73. The minimum absolute atomic E-state index is 0.0631. The maximum atomic E-state index is 5.85. The Morgan fingerprint density at radius 2 is 1.67 bits per heavy atom. The van der Waals surface area contributed by atoms with Gasteiger partial charge in [-0.15, -0.1) is 0 Å². The van der Waals surface area contributed by atoms with Crippen LogP contribution in [-0.4, -0.2) is 12.6 Å². The van der Waals surface area contributed by atoms with Gasteiger partial charge in [-0.2, -0.15) is 0 Å². The fourth-order valence-electron chi connectivity index (χ4n) is 2.09. The van der Waals surface area contributed by atoms with Crippen LogP contribution < -0.4 is 16.0 Å². The summed E-state index contributed by atoms with van der Waals surface area (Å²) in [6.07, 6.45) is 1.88. The molecule has 0 aliphatic heterocycles. The molecule has 0 radical (unpaired) electrons. The Hall–Kier alpha value is -1.55. The number of hydrogen-bond donors (Lipinski definition) is 2. The minimum atomic E-state index is 0.0631. The first-order valence-electron chi connectivity index (χ1n) is 7.13. The van der Waals surface area contributed by atoms with Crippen molar-refractivity contribution in [3.05, 3.63) is 64.7 Å². The predicted molar refractivity (Wildman–Crippen MR) is 87.6 cm³/mol. The first-order valence-corrected chi connectivity index (χ1v) is 7.51. The van der Waals surface area contributed by atoms with E-state index in [1.54, 1.807) is 0 Å². The summed E-state index contributed by atoms with van der Waals surface area (Å²) in [4.78, 5) is 0. The highest BCUT2D eigenvalue weighted by molar-refractivity contribution is 6.30. The molecule has 0 saturated carbocycles. The van der Waals surface area contributed by atoms with Crippen LogP contribution >= 0.6 is 11.6 Å². The van der Waals surface area contributed by atoms with E-state index in [9.17, 15) is 0 Å². The van der Waals surface area contributed by atoms with E-state index < -0.39 is 0 Å². The van der Waals surface area contributed by atoms with Crippen molar-refractivity contribution in [2.45, 2.75) is 25.8 Å². The van der Waals surface area contributed by atoms with Crippen molar-refractivity contribution in [1.82, 2.24) is 5.43 Å². The first kappa shape index (κ1) is 15.8. The third-order valence-electron chi connectivity index (χ3n) is 3.41. The lowest BCUT2D eigenvalue weighted by atomic mass is 10.0. The predicted octanol–water partition coefficient (Wildman–Crippen LogP) is 3.36. The van der Waals surface area contributed by atoms with Crippen LogP contribution in [0, 0.1) is 0 Å². The Morgan fingerprint density at radius 3 is 2.24 bits per heavy atom. The lowest BCUT2D eigenvalue weighted by molar-refractivity contribution is 0.264. The number of aryl methyl sites for hydroxylation is 1. The summed E-state index contributed by atoms with van der Waals surface area (Å²) in [5.41, 5.74) is 5.40. The van der Waals surface area contributed by atoms with Crippen LogP contribution in [0.5, 0.6) is 5.75 Å². The number of nitrogens with one attached hydrogen (secondary N) is 1. The molecule has 2 aromatic rings. The van der Waals surface area contributed by atoms with Gasteiger partial charge in [0.25, 0.3) is 0 Å². The molecule has 2 rings (SSSR count). The van der Waals surface area contributed by atoms with Crippen LogP contribution in [0.3, 0.4) is 0 Å². The SMILES string of the molecule is CCc1ccc(CC(COc2ccc(Cl)cc2)NN)cc1. The molecule has 0 fully saturated rings. The van der Waals surface area contributed by atoms with Crippen molar-refractivity contribution in [3.8, 4) is 5.75 Å². The number of halogens is 1. The molecule has 0 bridgehead atoms. The van der Waals surface area contributed by atoms with E-state index in [4.69, 9.17) is 22.2 Å². The molecule has 0 spiro atoms. The fourth-order valence-corrected chi connectivity index (χ4v) is 2.22.